The molecule has 1 aliphatic rings. The lowest BCUT2D eigenvalue weighted by Crippen LogP contribution is -2.42. The maximum absolute atomic E-state index is 3.83. The van der Waals surface area contributed by atoms with Gasteiger partial charge in [0, 0.05) is 18.0 Å². The zero-order chi connectivity index (χ0) is 15.5. The first kappa shape index (κ1) is 16.5. The van der Waals surface area contributed by atoms with Crippen LogP contribution in [0.15, 0.2) is 30.3 Å². The van der Waals surface area contributed by atoms with Gasteiger partial charge in [0.25, 0.3) is 0 Å². The molecule has 0 saturated heterocycles. The fourth-order valence-electron chi connectivity index (χ4n) is 3.55. The number of benzene rings is 1. The van der Waals surface area contributed by atoms with E-state index in [0.717, 1.165) is 12.5 Å². The second-order valence-corrected chi connectivity index (χ2v) is 8.55. The fourth-order valence-corrected chi connectivity index (χ4v) is 3.55. The van der Waals surface area contributed by atoms with Crippen molar-refractivity contribution in [1.82, 2.24) is 5.32 Å². The van der Waals surface area contributed by atoms with Crippen LogP contribution >= 0.6 is 0 Å². The number of nitrogens with one attached hydrogen (secondary N) is 1. The van der Waals surface area contributed by atoms with E-state index in [1.165, 1.54) is 31.2 Å². The Bertz CT molecular complexity index is 419. The topological polar surface area (TPSA) is 12.0 Å². The van der Waals surface area contributed by atoms with Gasteiger partial charge in [0.05, 0.1) is 0 Å². The normalized spacial score (nSPS) is 24.0. The molecule has 1 saturated carbocycles. The quantitative estimate of drug-likeness (QED) is 0.806. The van der Waals surface area contributed by atoms with E-state index in [1.54, 1.807) is 0 Å². The summed E-state index contributed by atoms with van der Waals surface area (Å²) < 4.78 is 0. The third-order valence-corrected chi connectivity index (χ3v) is 5.34. The van der Waals surface area contributed by atoms with Gasteiger partial charge in [-0.1, -0.05) is 65.0 Å². The molecule has 0 bridgehead atoms. The highest BCUT2D eigenvalue weighted by molar-refractivity contribution is 5.23. The molecule has 2 rings (SSSR count). The Kier molecular flexibility index (Phi) is 5.14. The van der Waals surface area contributed by atoms with Crippen LogP contribution < -0.4 is 5.32 Å². The van der Waals surface area contributed by atoms with Crippen molar-refractivity contribution in [3.05, 3.63) is 35.9 Å². The lowest BCUT2D eigenvalue weighted by molar-refractivity contribution is 0.158. The highest BCUT2D eigenvalue weighted by Gasteiger charge is 2.30. The van der Waals surface area contributed by atoms with Crippen molar-refractivity contribution in [3.8, 4) is 0 Å². The van der Waals surface area contributed by atoms with Gasteiger partial charge in [-0.3, -0.25) is 0 Å². The van der Waals surface area contributed by atoms with E-state index in [-0.39, 0.29) is 5.41 Å². The number of rotatable bonds is 4. The van der Waals surface area contributed by atoms with Crippen molar-refractivity contribution in [3.63, 3.8) is 0 Å². The average molecular weight is 287 g/mol. The minimum absolute atomic E-state index is 0.210. The third kappa shape index (κ3) is 4.57. The average Bonchev–Trinajstić information content (AvgIpc) is 2.46. The summed E-state index contributed by atoms with van der Waals surface area (Å²) in [6.07, 6.45) is 5.44. The lowest BCUT2D eigenvalue weighted by Gasteiger charge is -2.38. The summed E-state index contributed by atoms with van der Waals surface area (Å²) in [6.45, 7) is 12.9. The molecule has 1 aliphatic carbocycles. The Hall–Kier alpha value is -0.820. The van der Waals surface area contributed by atoms with Crippen LogP contribution in [0.25, 0.3) is 0 Å². The predicted molar refractivity (Wildman–Crippen MR) is 92.7 cm³/mol. The van der Waals surface area contributed by atoms with Crippen LogP contribution in [0.5, 0.6) is 0 Å². The van der Waals surface area contributed by atoms with Gasteiger partial charge in [-0.15, -0.1) is 0 Å². The first-order valence-electron chi connectivity index (χ1n) is 8.58. The predicted octanol–water partition coefficient (Wildman–Crippen LogP) is 5.16. The van der Waals surface area contributed by atoms with Gasteiger partial charge in [0.1, 0.15) is 0 Å². The van der Waals surface area contributed by atoms with Gasteiger partial charge in [-0.2, -0.15) is 0 Å². The molecule has 0 spiro atoms. The molecule has 1 fully saturated rings. The Morgan fingerprint density at radius 1 is 0.905 bits per heavy atom. The molecule has 118 valence electrons. The van der Waals surface area contributed by atoms with Gasteiger partial charge in [-0.25, -0.2) is 0 Å². The van der Waals surface area contributed by atoms with Crippen LogP contribution in [0.4, 0.5) is 0 Å². The van der Waals surface area contributed by atoms with E-state index in [0.29, 0.717) is 11.5 Å². The van der Waals surface area contributed by atoms with Crippen LogP contribution in [0, 0.1) is 11.3 Å². The Balaban J connectivity index is 1.82. The van der Waals surface area contributed by atoms with Gasteiger partial charge in [-0.05, 0) is 42.6 Å². The van der Waals surface area contributed by atoms with Gasteiger partial charge < -0.3 is 5.32 Å². The van der Waals surface area contributed by atoms with Crippen LogP contribution in [0.3, 0.4) is 0 Å². The summed E-state index contributed by atoms with van der Waals surface area (Å²) >= 11 is 0. The van der Waals surface area contributed by atoms with Crippen LogP contribution in [0.2, 0.25) is 0 Å². The molecule has 21 heavy (non-hydrogen) atoms. The molecule has 1 aromatic carbocycles. The van der Waals surface area contributed by atoms with E-state index in [4.69, 9.17) is 0 Å². The zero-order valence-corrected chi connectivity index (χ0v) is 14.6. The van der Waals surface area contributed by atoms with Crippen LogP contribution in [0.1, 0.15) is 65.9 Å². The standard InChI is InChI=1S/C20H33N/c1-19(2,3)16-11-13-18(14-12-16)21-15-20(4,5)17-9-7-6-8-10-17/h6-10,16,18,21H,11-15H2,1-5H3. The van der Waals surface area contributed by atoms with Crippen molar-refractivity contribution >= 4 is 0 Å². The van der Waals surface area contributed by atoms with Crippen molar-refractivity contribution in [2.75, 3.05) is 6.54 Å². The van der Waals surface area contributed by atoms with Crippen molar-refractivity contribution in [2.24, 2.45) is 11.3 Å². The number of hydrogen-bond acceptors (Lipinski definition) is 1. The van der Waals surface area contributed by atoms with E-state index < -0.39 is 0 Å². The smallest absolute Gasteiger partial charge is 0.00676 e. The molecule has 1 heteroatoms. The monoisotopic (exact) mass is 287 g/mol. The van der Waals surface area contributed by atoms with Gasteiger partial charge >= 0.3 is 0 Å². The summed E-state index contributed by atoms with van der Waals surface area (Å²) in [4.78, 5) is 0. The van der Waals surface area contributed by atoms with E-state index in [9.17, 15) is 0 Å². The highest BCUT2D eigenvalue weighted by atomic mass is 14.9. The summed E-state index contributed by atoms with van der Waals surface area (Å²) in [5.41, 5.74) is 2.12. The van der Waals surface area contributed by atoms with Crippen molar-refractivity contribution in [2.45, 2.75) is 71.8 Å². The van der Waals surface area contributed by atoms with E-state index in [1.807, 2.05) is 0 Å². The van der Waals surface area contributed by atoms with Crippen molar-refractivity contribution in [1.29, 1.82) is 0 Å². The lowest BCUT2D eigenvalue weighted by atomic mass is 9.71. The molecule has 0 radical (unpaired) electrons. The van der Waals surface area contributed by atoms with E-state index in [2.05, 4.69) is 70.3 Å². The summed E-state index contributed by atoms with van der Waals surface area (Å²) in [5, 5.41) is 3.83. The second kappa shape index (κ2) is 6.52. The molecule has 0 aromatic heterocycles. The molecule has 0 aliphatic heterocycles. The molecule has 0 heterocycles. The SMILES string of the molecule is CC(C)(CNC1CCC(C(C)(C)C)CC1)c1ccccc1. The Morgan fingerprint density at radius 3 is 2.00 bits per heavy atom. The summed E-state index contributed by atoms with van der Waals surface area (Å²) in [6, 6.07) is 11.6. The molecular weight excluding hydrogens is 254 g/mol. The minimum Gasteiger partial charge on any atom is -0.313 e. The minimum atomic E-state index is 0.210. The largest absolute Gasteiger partial charge is 0.313 e. The summed E-state index contributed by atoms with van der Waals surface area (Å²) in [5.74, 6) is 0.901. The molecule has 0 unspecified atom stereocenters. The van der Waals surface area contributed by atoms with Gasteiger partial charge in [0.2, 0.25) is 0 Å². The second-order valence-electron chi connectivity index (χ2n) is 8.55. The number of hydrogen-bond donors (Lipinski definition) is 1. The highest BCUT2D eigenvalue weighted by Crippen LogP contribution is 2.37. The molecule has 0 atom stereocenters. The van der Waals surface area contributed by atoms with Gasteiger partial charge in [0.15, 0.2) is 0 Å². The van der Waals surface area contributed by atoms with Crippen LogP contribution in [-0.4, -0.2) is 12.6 Å². The first-order chi connectivity index (χ1) is 9.79. The Morgan fingerprint density at radius 2 is 1.48 bits per heavy atom. The fraction of sp³-hybridized carbons (Fsp3) is 0.700. The maximum Gasteiger partial charge on any atom is 0.00676 e. The molecule has 1 N–H and O–H groups in total. The molecule has 1 nitrogen and oxygen atoms in total. The zero-order valence-electron chi connectivity index (χ0n) is 14.6. The maximum atomic E-state index is 3.83. The third-order valence-electron chi connectivity index (χ3n) is 5.34. The molecular formula is C20H33N. The molecule has 0 amide bonds. The molecule has 1 aromatic rings. The first-order valence-corrected chi connectivity index (χ1v) is 8.58. The Labute approximate surface area is 131 Å². The van der Waals surface area contributed by atoms with Crippen molar-refractivity contribution < 1.29 is 0 Å². The summed E-state index contributed by atoms with van der Waals surface area (Å²) in [7, 11) is 0. The van der Waals surface area contributed by atoms with Crippen LogP contribution in [-0.2, 0) is 5.41 Å². The van der Waals surface area contributed by atoms with E-state index >= 15 is 0 Å².